The molecule has 0 aromatic rings. The quantitative estimate of drug-likeness (QED) is 0.356. The van der Waals surface area contributed by atoms with Gasteiger partial charge in [0.2, 0.25) is 0 Å². The van der Waals surface area contributed by atoms with Crippen LogP contribution in [0.5, 0.6) is 0 Å². The second-order valence-electron chi connectivity index (χ2n) is 3.11. The highest BCUT2D eigenvalue weighted by atomic mass is 16.5. The Morgan fingerprint density at radius 1 is 1.57 bits per heavy atom. The summed E-state index contributed by atoms with van der Waals surface area (Å²) in [5.74, 6) is -0.521. The maximum Gasteiger partial charge on any atom is 0.331 e. The summed E-state index contributed by atoms with van der Waals surface area (Å²) in [6, 6.07) is 1.95. The predicted octanol–water partition coefficient (Wildman–Crippen LogP) is 2.58. The average Bonchev–Trinajstić information content (AvgIpc) is 2.22. The number of nitriles is 1. The minimum Gasteiger partial charge on any atom is -0.444 e. The number of rotatable bonds is 7. The van der Waals surface area contributed by atoms with E-state index >= 15 is 0 Å². The zero-order valence-corrected chi connectivity index (χ0v) is 8.66. The summed E-state index contributed by atoms with van der Waals surface area (Å²) >= 11 is 0. The third kappa shape index (κ3) is 6.24. The lowest BCUT2D eigenvalue weighted by atomic mass is 10.1. The van der Waals surface area contributed by atoms with Gasteiger partial charge in [-0.05, 0) is 12.8 Å². The summed E-state index contributed by atoms with van der Waals surface area (Å²) in [5.41, 5.74) is 0. The van der Waals surface area contributed by atoms with E-state index < -0.39 is 12.1 Å². The van der Waals surface area contributed by atoms with Crippen molar-refractivity contribution in [3.63, 3.8) is 0 Å². The van der Waals surface area contributed by atoms with E-state index in [9.17, 15) is 4.79 Å². The molecule has 3 nitrogen and oxygen atoms in total. The first-order chi connectivity index (χ1) is 6.74. The zero-order valence-electron chi connectivity index (χ0n) is 8.66. The molecule has 3 heteroatoms. The van der Waals surface area contributed by atoms with Crippen LogP contribution < -0.4 is 0 Å². The Bertz CT molecular complexity index is 218. The minimum absolute atomic E-state index is 0.521. The number of hydrogen-bond donors (Lipinski definition) is 0. The van der Waals surface area contributed by atoms with Gasteiger partial charge in [0, 0.05) is 6.08 Å². The largest absolute Gasteiger partial charge is 0.444 e. The van der Waals surface area contributed by atoms with E-state index in [1.807, 2.05) is 6.07 Å². The lowest BCUT2D eigenvalue weighted by Gasteiger charge is -2.08. The molecule has 0 aliphatic carbocycles. The van der Waals surface area contributed by atoms with E-state index in [1.165, 1.54) is 0 Å². The zero-order chi connectivity index (χ0) is 10.8. The highest BCUT2D eigenvalue weighted by molar-refractivity contribution is 5.81. The second-order valence-corrected chi connectivity index (χ2v) is 3.11. The van der Waals surface area contributed by atoms with E-state index in [4.69, 9.17) is 10.00 Å². The van der Waals surface area contributed by atoms with Crippen LogP contribution in [0.3, 0.4) is 0 Å². The molecule has 0 amide bonds. The van der Waals surface area contributed by atoms with Crippen molar-refractivity contribution in [2.24, 2.45) is 0 Å². The number of ether oxygens (including phenoxy) is 1. The third-order valence-electron chi connectivity index (χ3n) is 1.89. The summed E-state index contributed by atoms with van der Waals surface area (Å²) in [4.78, 5) is 10.8. The monoisotopic (exact) mass is 195 g/mol. The van der Waals surface area contributed by atoms with E-state index in [0.717, 1.165) is 31.8 Å². The Labute approximate surface area is 85.4 Å². The van der Waals surface area contributed by atoms with Crippen LogP contribution in [0.15, 0.2) is 12.7 Å². The van der Waals surface area contributed by atoms with E-state index in [2.05, 4.69) is 13.5 Å². The van der Waals surface area contributed by atoms with Crippen molar-refractivity contribution >= 4 is 5.97 Å². The van der Waals surface area contributed by atoms with Crippen LogP contribution in [0, 0.1) is 11.3 Å². The van der Waals surface area contributed by atoms with Crippen molar-refractivity contribution in [1.29, 1.82) is 5.26 Å². The SMILES string of the molecule is C=CC(=O)OC(C#N)CCCCCC. The smallest absolute Gasteiger partial charge is 0.331 e. The van der Waals surface area contributed by atoms with Crippen LogP contribution in [0.4, 0.5) is 0 Å². The summed E-state index contributed by atoms with van der Waals surface area (Å²) in [7, 11) is 0. The number of unbranched alkanes of at least 4 members (excludes halogenated alkanes) is 3. The molecule has 0 bridgehead atoms. The molecule has 0 N–H and O–H groups in total. The van der Waals surface area contributed by atoms with Gasteiger partial charge >= 0.3 is 5.97 Å². The van der Waals surface area contributed by atoms with Gasteiger partial charge in [0.15, 0.2) is 6.10 Å². The summed E-state index contributed by atoms with van der Waals surface area (Å²) in [6.07, 6.45) is 5.41. The van der Waals surface area contributed by atoms with E-state index in [0.29, 0.717) is 6.42 Å². The highest BCUT2D eigenvalue weighted by Crippen LogP contribution is 2.07. The fourth-order valence-electron chi connectivity index (χ4n) is 1.09. The first-order valence-corrected chi connectivity index (χ1v) is 4.97. The Hall–Kier alpha value is -1.30. The molecule has 78 valence electrons. The van der Waals surface area contributed by atoms with Crippen molar-refractivity contribution in [1.82, 2.24) is 0 Å². The first-order valence-electron chi connectivity index (χ1n) is 4.97. The number of carbonyl (C=O) groups excluding carboxylic acids is 1. The Balaban J connectivity index is 3.64. The van der Waals surface area contributed by atoms with Crippen molar-refractivity contribution in [2.45, 2.75) is 45.1 Å². The topological polar surface area (TPSA) is 50.1 Å². The first kappa shape index (κ1) is 12.7. The van der Waals surface area contributed by atoms with Gasteiger partial charge in [-0.2, -0.15) is 5.26 Å². The molecule has 0 aliphatic heterocycles. The van der Waals surface area contributed by atoms with Crippen molar-refractivity contribution in [3.8, 4) is 6.07 Å². The molecule has 0 aliphatic rings. The maximum absolute atomic E-state index is 10.8. The third-order valence-corrected chi connectivity index (χ3v) is 1.89. The van der Waals surface area contributed by atoms with Gasteiger partial charge in [-0.15, -0.1) is 0 Å². The van der Waals surface area contributed by atoms with E-state index in [1.54, 1.807) is 0 Å². The fraction of sp³-hybridized carbons (Fsp3) is 0.636. The van der Waals surface area contributed by atoms with Crippen molar-refractivity contribution in [3.05, 3.63) is 12.7 Å². The molecule has 0 heterocycles. The number of nitrogens with zero attached hydrogens (tertiary/aromatic N) is 1. The van der Waals surface area contributed by atoms with Gasteiger partial charge in [-0.25, -0.2) is 4.79 Å². The number of esters is 1. The highest BCUT2D eigenvalue weighted by Gasteiger charge is 2.10. The van der Waals surface area contributed by atoms with Crippen molar-refractivity contribution < 1.29 is 9.53 Å². The molecule has 0 radical (unpaired) electrons. The Kier molecular flexibility index (Phi) is 7.53. The molecule has 1 atom stereocenters. The molecule has 0 aromatic carbocycles. The van der Waals surface area contributed by atoms with Gasteiger partial charge in [0.25, 0.3) is 0 Å². The Morgan fingerprint density at radius 3 is 2.79 bits per heavy atom. The van der Waals surface area contributed by atoms with Crippen LogP contribution in [-0.2, 0) is 9.53 Å². The van der Waals surface area contributed by atoms with Gasteiger partial charge in [-0.3, -0.25) is 0 Å². The molecule has 0 rings (SSSR count). The number of hydrogen-bond acceptors (Lipinski definition) is 3. The van der Waals surface area contributed by atoms with Crippen molar-refractivity contribution in [2.75, 3.05) is 0 Å². The van der Waals surface area contributed by atoms with Crippen LogP contribution in [0.1, 0.15) is 39.0 Å². The molecule has 0 saturated heterocycles. The lowest BCUT2D eigenvalue weighted by molar-refractivity contribution is -0.140. The second kappa shape index (κ2) is 8.31. The molecule has 0 spiro atoms. The molecule has 1 unspecified atom stereocenters. The predicted molar refractivity (Wildman–Crippen MR) is 54.4 cm³/mol. The fourth-order valence-corrected chi connectivity index (χ4v) is 1.09. The van der Waals surface area contributed by atoms with Crippen LogP contribution in [0.25, 0.3) is 0 Å². The summed E-state index contributed by atoms with van der Waals surface area (Å²) in [6.45, 7) is 5.40. The standard InChI is InChI=1S/C11H17NO2/c1-3-5-6-7-8-10(9-12)14-11(13)4-2/h4,10H,2-3,5-8H2,1H3. The molecular formula is C11H17NO2. The number of carbonyl (C=O) groups is 1. The van der Waals surface area contributed by atoms with E-state index in [-0.39, 0.29) is 0 Å². The summed E-state index contributed by atoms with van der Waals surface area (Å²) in [5, 5.41) is 8.67. The lowest BCUT2D eigenvalue weighted by Crippen LogP contribution is -2.14. The Morgan fingerprint density at radius 2 is 2.29 bits per heavy atom. The van der Waals surface area contributed by atoms with Crippen LogP contribution >= 0.6 is 0 Å². The maximum atomic E-state index is 10.8. The molecular weight excluding hydrogens is 178 g/mol. The van der Waals surface area contributed by atoms with Gasteiger partial charge in [0.1, 0.15) is 6.07 Å². The van der Waals surface area contributed by atoms with Crippen LogP contribution in [-0.4, -0.2) is 12.1 Å². The molecule has 0 saturated carbocycles. The van der Waals surface area contributed by atoms with Crippen LogP contribution in [0.2, 0.25) is 0 Å². The molecule has 0 fully saturated rings. The molecule has 14 heavy (non-hydrogen) atoms. The summed E-state index contributed by atoms with van der Waals surface area (Å²) < 4.78 is 4.81. The average molecular weight is 195 g/mol. The minimum atomic E-state index is -0.614. The van der Waals surface area contributed by atoms with Gasteiger partial charge < -0.3 is 4.74 Å². The van der Waals surface area contributed by atoms with Gasteiger partial charge in [0.05, 0.1) is 0 Å². The normalized spacial score (nSPS) is 11.4. The van der Waals surface area contributed by atoms with Gasteiger partial charge in [-0.1, -0.05) is 32.8 Å². The molecule has 0 aromatic heterocycles.